The van der Waals surface area contributed by atoms with E-state index in [1.807, 2.05) is 19.2 Å². The SMILES string of the molecule is CCn1cc(NC2CCC3(CCCC3)CC2)ccc1=O. The highest BCUT2D eigenvalue weighted by molar-refractivity contribution is 5.41. The predicted molar refractivity (Wildman–Crippen MR) is 83.2 cm³/mol. The molecule has 0 saturated heterocycles. The van der Waals surface area contributed by atoms with Crippen LogP contribution in [0.5, 0.6) is 0 Å². The van der Waals surface area contributed by atoms with Crippen LogP contribution in [0, 0.1) is 5.41 Å². The second-order valence-electron chi connectivity index (χ2n) is 6.67. The molecule has 2 aliphatic carbocycles. The molecule has 1 heterocycles. The maximum atomic E-state index is 11.6. The van der Waals surface area contributed by atoms with Crippen molar-refractivity contribution < 1.29 is 0 Å². The van der Waals surface area contributed by atoms with E-state index in [9.17, 15) is 4.79 Å². The van der Waals surface area contributed by atoms with E-state index >= 15 is 0 Å². The summed E-state index contributed by atoms with van der Waals surface area (Å²) >= 11 is 0. The van der Waals surface area contributed by atoms with Gasteiger partial charge in [-0.15, -0.1) is 0 Å². The van der Waals surface area contributed by atoms with Crippen LogP contribution in [0.15, 0.2) is 23.1 Å². The van der Waals surface area contributed by atoms with Crippen molar-refractivity contribution in [3.05, 3.63) is 28.7 Å². The molecule has 1 N–H and O–H groups in total. The van der Waals surface area contributed by atoms with E-state index in [1.54, 1.807) is 10.6 Å². The van der Waals surface area contributed by atoms with Gasteiger partial charge < -0.3 is 9.88 Å². The van der Waals surface area contributed by atoms with Crippen molar-refractivity contribution >= 4 is 5.69 Å². The van der Waals surface area contributed by atoms with Gasteiger partial charge >= 0.3 is 0 Å². The van der Waals surface area contributed by atoms with Crippen LogP contribution in [-0.2, 0) is 6.54 Å². The van der Waals surface area contributed by atoms with Gasteiger partial charge in [0, 0.05) is 24.8 Å². The van der Waals surface area contributed by atoms with E-state index < -0.39 is 0 Å². The van der Waals surface area contributed by atoms with Gasteiger partial charge in [-0.25, -0.2) is 0 Å². The van der Waals surface area contributed by atoms with Gasteiger partial charge in [-0.1, -0.05) is 12.8 Å². The van der Waals surface area contributed by atoms with E-state index in [0.717, 1.165) is 12.2 Å². The second-order valence-corrected chi connectivity index (χ2v) is 6.67. The molecule has 0 unspecified atom stereocenters. The largest absolute Gasteiger partial charge is 0.381 e. The molecule has 2 fully saturated rings. The lowest BCUT2D eigenvalue weighted by Gasteiger charge is -2.37. The molecule has 3 nitrogen and oxygen atoms in total. The summed E-state index contributed by atoms with van der Waals surface area (Å²) in [5, 5.41) is 3.63. The van der Waals surface area contributed by atoms with E-state index in [1.165, 1.54) is 51.4 Å². The Hall–Kier alpha value is -1.25. The third-order valence-electron chi connectivity index (χ3n) is 5.41. The third kappa shape index (κ3) is 2.77. The lowest BCUT2D eigenvalue weighted by atomic mass is 9.71. The molecule has 0 aromatic carbocycles. The van der Waals surface area contributed by atoms with Crippen LogP contribution in [0.1, 0.15) is 58.3 Å². The zero-order valence-electron chi connectivity index (χ0n) is 12.5. The highest BCUT2D eigenvalue weighted by Crippen LogP contribution is 2.49. The highest BCUT2D eigenvalue weighted by Gasteiger charge is 2.37. The van der Waals surface area contributed by atoms with Crippen molar-refractivity contribution in [1.29, 1.82) is 0 Å². The van der Waals surface area contributed by atoms with E-state index in [0.29, 0.717) is 11.5 Å². The van der Waals surface area contributed by atoms with Gasteiger partial charge in [0.25, 0.3) is 5.56 Å². The van der Waals surface area contributed by atoms with Gasteiger partial charge in [0.15, 0.2) is 0 Å². The molecule has 1 aromatic heterocycles. The molecule has 3 heteroatoms. The van der Waals surface area contributed by atoms with Crippen molar-refractivity contribution in [2.75, 3.05) is 5.32 Å². The molecule has 20 heavy (non-hydrogen) atoms. The Balaban J connectivity index is 1.60. The molecule has 110 valence electrons. The van der Waals surface area contributed by atoms with Gasteiger partial charge in [0.2, 0.25) is 0 Å². The summed E-state index contributed by atoms with van der Waals surface area (Å²) < 4.78 is 1.77. The number of hydrogen-bond acceptors (Lipinski definition) is 2. The first-order valence-corrected chi connectivity index (χ1v) is 8.18. The summed E-state index contributed by atoms with van der Waals surface area (Å²) in [4.78, 5) is 11.6. The fourth-order valence-electron chi connectivity index (χ4n) is 4.10. The van der Waals surface area contributed by atoms with Crippen LogP contribution >= 0.6 is 0 Å². The Morgan fingerprint density at radius 3 is 2.55 bits per heavy atom. The number of aromatic nitrogens is 1. The van der Waals surface area contributed by atoms with E-state index in [-0.39, 0.29) is 5.56 Å². The number of nitrogens with one attached hydrogen (secondary N) is 1. The van der Waals surface area contributed by atoms with Crippen LogP contribution in [0.2, 0.25) is 0 Å². The van der Waals surface area contributed by atoms with Crippen LogP contribution < -0.4 is 10.9 Å². The second kappa shape index (κ2) is 5.63. The Bertz CT molecular complexity index is 504. The molecule has 2 aliphatic rings. The Labute approximate surface area is 121 Å². The van der Waals surface area contributed by atoms with Crippen molar-refractivity contribution in [3.8, 4) is 0 Å². The number of nitrogens with zero attached hydrogens (tertiary/aromatic N) is 1. The van der Waals surface area contributed by atoms with Crippen molar-refractivity contribution in [2.24, 2.45) is 5.41 Å². The average Bonchev–Trinajstić information content (AvgIpc) is 2.92. The molecule has 1 spiro atoms. The molecule has 0 radical (unpaired) electrons. The van der Waals surface area contributed by atoms with E-state index in [4.69, 9.17) is 0 Å². The highest BCUT2D eigenvalue weighted by atomic mass is 16.1. The lowest BCUT2D eigenvalue weighted by molar-refractivity contribution is 0.188. The minimum absolute atomic E-state index is 0.0894. The molecule has 1 aromatic rings. The Morgan fingerprint density at radius 2 is 1.90 bits per heavy atom. The zero-order chi connectivity index (χ0) is 14.0. The first-order chi connectivity index (χ1) is 9.71. The fourth-order valence-corrected chi connectivity index (χ4v) is 4.10. The molecule has 2 saturated carbocycles. The van der Waals surface area contributed by atoms with Gasteiger partial charge in [-0.2, -0.15) is 0 Å². The molecule has 0 aliphatic heterocycles. The third-order valence-corrected chi connectivity index (χ3v) is 5.41. The minimum Gasteiger partial charge on any atom is -0.381 e. The van der Waals surface area contributed by atoms with E-state index in [2.05, 4.69) is 5.32 Å². The first-order valence-electron chi connectivity index (χ1n) is 8.18. The summed E-state index contributed by atoms with van der Waals surface area (Å²) in [6.07, 6.45) is 13.1. The quantitative estimate of drug-likeness (QED) is 0.910. The standard InChI is InChI=1S/C17H26N2O/c1-2-19-13-15(5-6-16(19)20)18-14-7-11-17(12-8-14)9-3-4-10-17/h5-6,13-14,18H,2-4,7-12H2,1H3. The van der Waals surface area contributed by atoms with Gasteiger partial charge in [0.1, 0.15) is 0 Å². The molecular weight excluding hydrogens is 248 g/mol. The van der Waals surface area contributed by atoms with Gasteiger partial charge in [0.05, 0.1) is 5.69 Å². The molecule has 0 atom stereocenters. The number of rotatable bonds is 3. The predicted octanol–water partition coefficient (Wildman–Crippen LogP) is 3.78. The van der Waals surface area contributed by atoms with Crippen molar-refractivity contribution in [2.45, 2.75) is 70.9 Å². The van der Waals surface area contributed by atoms with Crippen molar-refractivity contribution in [3.63, 3.8) is 0 Å². The molecule has 0 bridgehead atoms. The topological polar surface area (TPSA) is 34.0 Å². The van der Waals surface area contributed by atoms with Crippen LogP contribution in [0.4, 0.5) is 5.69 Å². The molecule has 3 rings (SSSR count). The van der Waals surface area contributed by atoms with Gasteiger partial charge in [-0.05, 0) is 56.9 Å². The number of hydrogen-bond donors (Lipinski definition) is 1. The molecule has 0 amide bonds. The number of anilines is 1. The summed E-state index contributed by atoms with van der Waals surface area (Å²) in [5.41, 5.74) is 1.88. The smallest absolute Gasteiger partial charge is 0.250 e. The molecular formula is C17H26N2O. The maximum absolute atomic E-state index is 11.6. The van der Waals surface area contributed by atoms with Crippen LogP contribution in [-0.4, -0.2) is 10.6 Å². The van der Waals surface area contributed by atoms with Crippen LogP contribution in [0.3, 0.4) is 0 Å². The summed E-state index contributed by atoms with van der Waals surface area (Å²) in [7, 11) is 0. The monoisotopic (exact) mass is 274 g/mol. The number of aryl methyl sites for hydroxylation is 1. The van der Waals surface area contributed by atoms with Crippen molar-refractivity contribution in [1.82, 2.24) is 4.57 Å². The maximum Gasteiger partial charge on any atom is 0.250 e. The average molecular weight is 274 g/mol. The summed E-state index contributed by atoms with van der Waals surface area (Å²) in [6.45, 7) is 2.75. The number of pyridine rings is 1. The summed E-state index contributed by atoms with van der Waals surface area (Å²) in [6, 6.07) is 4.19. The minimum atomic E-state index is 0.0894. The Morgan fingerprint density at radius 1 is 1.20 bits per heavy atom. The van der Waals surface area contributed by atoms with Crippen LogP contribution in [0.25, 0.3) is 0 Å². The lowest BCUT2D eigenvalue weighted by Crippen LogP contribution is -2.32. The fraction of sp³-hybridized carbons (Fsp3) is 0.706. The first kappa shape index (κ1) is 13.7. The normalized spacial score (nSPS) is 22.2. The van der Waals surface area contributed by atoms with Gasteiger partial charge in [-0.3, -0.25) is 4.79 Å². The Kier molecular flexibility index (Phi) is 3.86. The summed E-state index contributed by atoms with van der Waals surface area (Å²) in [5.74, 6) is 0. The zero-order valence-corrected chi connectivity index (χ0v) is 12.5.